The summed E-state index contributed by atoms with van der Waals surface area (Å²) in [5.41, 5.74) is 1.58. The molecule has 0 radical (unpaired) electrons. The molecule has 1 aromatic rings. The quantitative estimate of drug-likeness (QED) is 0.933. The summed E-state index contributed by atoms with van der Waals surface area (Å²) in [5.74, 6) is -1.03. The van der Waals surface area contributed by atoms with Crippen molar-refractivity contribution in [1.29, 1.82) is 0 Å². The lowest BCUT2D eigenvalue weighted by atomic mass is 9.93. The number of hydrogen-bond acceptors (Lipinski definition) is 2. The lowest BCUT2D eigenvalue weighted by Crippen LogP contribution is -2.38. The third-order valence-electron chi connectivity index (χ3n) is 3.33. The highest BCUT2D eigenvalue weighted by Crippen LogP contribution is 2.32. The zero-order chi connectivity index (χ0) is 16.3. The van der Waals surface area contributed by atoms with E-state index in [1.54, 1.807) is 24.4 Å². The van der Waals surface area contributed by atoms with E-state index in [0.717, 1.165) is 11.1 Å². The van der Waals surface area contributed by atoms with E-state index in [9.17, 15) is 22.8 Å². The number of hydrogen-bond donors (Lipinski definition) is 1. The predicted octanol–water partition coefficient (Wildman–Crippen LogP) is 2.63. The van der Waals surface area contributed by atoms with Crippen molar-refractivity contribution in [1.82, 2.24) is 10.2 Å². The molecule has 0 saturated heterocycles. The zero-order valence-electron chi connectivity index (χ0n) is 11.9. The summed E-state index contributed by atoms with van der Waals surface area (Å²) in [6, 6.07) is 6.55. The first-order valence-corrected chi connectivity index (χ1v) is 6.67. The Morgan fingerprint density at radius 1 is 1.27 bits per heavy atom. The summed E-state index contributed by atoms with van der Waals surface area (Å²) < 4.78 is 36.4. The van der Waals surface area contributed by atoms with E-state index in [1.165, 1.54) is 11.8 Å². The fourth-order valence-electron chi connectivity index (χ4n) is 2.36. The number of amides is 2. The molecule has 2 amide bonds. The van der Waals surface area contributed by atoms with Crippen LogP contribution in [0.3, 0.4) is 0 Å². The van der Waals surface area contributed by atoms with Gasteiger partial charge in [-0.3, -0.25) is 9.59 Å². The molecule has 1 atom stereocenters. The standard InChI is InChI=1S/C15H15F3N2O2/c1-10(21)20-7-6-11-4-2-3-5-12(11)13(20)8-14(22)19-9-15(16,17)18/h2-7,13H,8-9H2,1H3,(H,19,22). The number of nitrogens with one attached hydrogen (secondary N) is 1. The van der Waals surface area contributed by atoms with Gasteiger partial charge in [0, 0.05) is 13.1 Å². The maximum atomic E-state index is 12.1. The van der Waals surface area contributed by atoms with Crippen molar-refractivity contribution in [3.05, 3.63) is 41.6 Å². The number of halogens is 3. The molecule has 0 fully saturated rings. The first-order valence-electron chi connectivity index (χ1n) is 6.67. The molecule has 7 heteroatoms. The number of nitrogens with zero attached hydrogens (tertiary/aromatic N) is 1. The Labute approximate surface area is 125 Å². The molecule has 1 aliphatic rings. The molecule has 0 aliphatic carbocycles. The highest BCUT2D eigenvalue weighted by molar-refractivity contribution is 5.81. The minimum absolute atomic E-state index is 0.225. The van der Waals surface area contributed by atoms with E-state index < -0.39 is 24.7 Å². The van der Waals surface area contributed by atoms with E-state index in [0.29, 0.717) is 0 Å². The Balaban J connectivity index is 2.17. The largest absolute Gasteiger partial charge is 0.405 e. The Morgan fingerprint density at radius 3 is 2.59 bits per heavy atom. The maximum absolute atomic E-state index is 12.1. The maximum Gasteiger partial charge on any atom is 0.405 e. The van der Waals surface area contributed by atoms with Crippen LogP contribution in [0.1, 0.15) is 30.5 Å². The molecule has 0 saturated carbocycles. The van der Waals surface area contributed by atoms with Crippen LogP contribution in [0.4, 0.5) is 13.2 Å². The average molecular weight is 312 g/mol. The smallest absolute Gasteiger partial charge is 0.347 e. The van der Waals surface area contributed by atoms with Gasteiger partial charge >= 0.3 is 6.18 Å². The minimum Gasteiger partial charge on any atom is -0.347 e. The number of alkyl halides is 3. The Bertz CT molecular complexity index is 611. The summed E-state index contributed by atoms with van der Waals surface area (Å²) in [5, 5.41) is 1.83. The van der Waals surface area contributed by atoms with Gasteiger partial charge in [0.05, 0.1) is 12.5 Å². The predicted molar refractivity (Wildman–Crippen MR) is 74.4 cm³/mol. The molecule has 0 bridgehead atoms. The number of benzene rings is 1. The lowest BCUT2D eigenvalue weighted by Gasteiger charge is -2.32. The summed E-state index contributed by atoms with van der Waals surface area (Å²) in [6.45, 7) is -0.0327. The third kappa shape index (κ3) is 3.87. The number of fused-ring (bicyclic) bond motifs is 1. The molecule has 1 unspecified atom stereocenters. The van der Waals surface area contributed by atoms with Gasteiger partial charge in [0.2, 0.25) is 11.8 Å². The summed E-state index contributed by atoms with van der Waals surface area (Å²) in [7, 11) is 0. The van der Waals surface area contributed by atoms with Crippen molar-refractivity contribution in [2.24, 2.45) is 0 Å². The topological polar surface area (TPSA) is 49.4 Å². The molecule has 118 valence electrons. The lowest BCUT2D eigenvalue weighted by molar-refractivity contribution is -0.140. The first-order chi connectivity index (χ1) is 10.3. The molecular formula is C15H15F3N2O2. The molecular weight excluding hydrogens is 297 g/mol. The Morgan fingerprint density at radius 2 is 1.95 bits per heavy atom. The van der Waals surface area contributed by atoms with Crippen LogP contribution in [0, 0.1) is 0 Å². The van der Waals surface area contributed by atoms with Gasteiger partial charge in [-0.25, -0.2) is 0 Å². The molecule has 1 heterocycles. The van der Waals surface area contributed by atoms with E-state index in [-0.39, 0.29) is 12.3 Å². The molecule has 2 rings (SSSR count). The van der Waals surface area contributed by atoms with Crippen molar-refractivity contribution in [3.63, 3.8) is 0 Å². The van der Waals surface area contributed by atoms with Crippen LogP contribution >= 0.6 is 0 Å². The number of carbonyl (C=O) groups is 2. The second-order valence-corrected chi connectivity index (χ2v) is 4.98. The molecule has 1 aliphatic heterocycles. The van der Waals surface area contributed by atoms with Gasteiger partial charge in [-0.15, -0.1) is 0 Å². The first kappa shape index (κ1) is 16.1. The molecule has 1 N–H and O–H groups in total. The van der Waals surface area contributed by atoms with Gasteiger partial charge in [0.1, 0.15) is 6.54 Å². The van der Waals surface area contributed by atoms with Gasteiger partial charge in [-0.05, 0) is 17.2 Å². The minimum atomic E-state index is -4.46. The van der Waals surface area contributed by atoms with Crippen LogP contribution in [0.2, 0.25) is 0 Å². The molecule has 0 aromatic heterocycles. The van der Waals surface area contributed by atoms with Gasteiger partial charge in [0.15, 0.2) is 0 Å². The van der Waals surface area contributed by atoms with E-state index >= 15 is 0 Å². The molecule has 4 nitrogen and oxygen atoms in total. The summed E-state index contributed by atoms with van der Waals surface area (Å²) in [4.78, 5) is 24.8. The van der Waals surface area contributed by atoms with Crippen molar-refractivity contribution >= 4 is 17.9 Å². The second kappa shape index (κ2) is 6.21. The van der Waals surface area contributed by atoms with Gasteiger partial charge < -0.3 is 10.2 Å². The van der Waals surface area contributed by atoms with Crippen LogP contribution in [-0.4, -0.2) is 29.4 Å². The Hall–Kier alpha value is -2.31. The SMILES string of the molecule is CC(=O)N1C=Cc2ccccc2C1CC(=O)NCC(F)(F)F. The van der Waals surface area contributed by atoms with Crippen LogP contribution in [0.25, 0.3) is 6.08 Å². The Kier molecular flexibility index (Phi) is 4.54. The highest BCUT2D eigenvalue weighted by atomic mass is 19.4. The molecule has 22 heavy (non-hydrogen) atoms. The molecule has 1 aromatic carbocycles. The summed E-state index contributed by atoms with van der Waals surface area (Å²) in [6.07, 6.45) is -1.40. The normalized spacial score (nSPS) is 17.1. The van der Waals surface area contributed by atoms with Crippen LogP contribution < -0.4 is 5.32 Å². The van der Waals surface area contributed by atoms with Crippen molar-refractivity contribution in [2.75, 3.05) is 6.54 Å². The van der Waals surface area contributed by atoms with E-state index in [1.807, 2.05) is 17.4 Å². The van der Waals surface area contributed by atoms with E-state index in [2.05, 4.69) is 0 Å². The van der Waals surface area contributed by atoms with Crippen molar-refractivity contribution in [2.45, 2.75) is 25.6 Å². The van der Waals surface area contributed by atoms with E-state index in [4.69, 9.17) is 0 Å². The molecule has 0 spiro atoms. The highest BCUT2D eigenvalue weighted by Gasteiger charge is 2.31. The van der Waals surface area contributed by atoms with Gasteiger partial charge in [0.25, 0.3) is 0 Å². The number of carbonyl (C=O) groups excluding carboxylic acids is 2. The second-order valence-electron chi connectivity index (χ2n) is 4.98. The fraction of sp³-hybridized carbons (Fsp3) is 0.333. The monoisotopic (exact) mass is 312 g/mol. The summed E-state index contributed by atoms with van der Waals surface area (Å²) >= 11 is 0. The van der Waals surface area contributed by atoms with Crippen LogP contribution in [-0.2, 0) is 9.59 Å². The van der Waals surface area contributed by atoms with Gasteiger partial charge in [-0.1, -0.05) is 24.3 Å². The van der Waals surface area contributed by atoms with Crippen molar-refractivity contribution < 1.29 is 22.8 Å². The fourth-order valence-corrected chi connectivity index (χ4v) is 2.36. The van der Waals surface area contributed by atoms with Crippen LogP contribution in [0.5, 0.6) is 0 Å². The third-order valence-corrected chi connectivity index (χ3v) is 3.33. The van der Waals surface area contributed by atoms with Crippen molar-refractivity contribution in [3.8, 4) is 0 Å². The average Bonchev–Trinajstić information content (AvgIpc) is 2.44. The van der Waals surface area contributed by atoms with Gasteiger partial charge in [-0.2, -0.15) is 13.2 Å². The zero-order valence-corrected chi connectivity index (χ0v) is 11.9. The van der Waals surface area contributed by atoms with Crippen LogP contribution in [0.15, 0.2) is 30.5 Å². The number of rotatable bonds is 3.